The van der Waals surface area contributed by atoms with Crippen LogP contribution in [0.4, 0.5) is 17.5 Å². The second-order valence-electron chi connectivity index (χ2n) is 7.04. The van der Waals surface area contributed by atoms with Gasteiger partial charge in [-0.3, -0.25) is 0 Å². The van der Waals surface area contributed by atoms with E-state index in [0.29, 0.717) is 22.0 Å². The molecule has 0 spiro atoms. The minimum absolute atomic E-state index is 0.483. The molecule has 25 heavy (non-hydrogen) atoms. The van der Waals surface area contributed by atoms with Crippen LogP contribution in [0, 0.1) is 0 Å². The Hall–Kier alpha value is -1.52. The van der Waals surface area contributed by atoms with E-state index >= 15 is 0 Å². The van der Waals surface area contributed by atoms with E-state index in [1.54, 1.807) is 6.07 Å². The maximum Gasteiger partial charge on any atom is 0.225 e. The minimum Gasteiger partial charge on any atom is -0.351 e. The topological polar surface area (TPSA) is 49.8 Å². The molecule has 2 saturated carbocycles. The highest BCUT2D eigenvalue weighted by Crippen LogP contribution is 2.40. The summed E-state index contributed by atoms with van der Waals surface area (Å²) in [6.07, 6.45) is 8.72. The largest absolute Gasteiger partial charge is 0.351 e. The van der Waals surface area contributed by atoms with Crippen LogP contribution in [0.3, 0.4) is 0 Å². The van der Waals surface area contributed by atoms with Crippen LogP contribution in [-0.2, 0) is 0 Å². The van der Waals surface area contributed by atoms with Crippen molar-refractivity contribution >= 4 is 40.7 Å². The summed E-state index contributed by atoms with van der Waals surface area (Å²) in [7, 11) is 0. The van der Waals surface area contributed by atoms with Crippen LogP contribution in [-0.4, -0.2) is 16.0 Å². The molecule has 2 aromatic rings. The number of aromatic nitrogens is 2. The van der Waals surface area contributed by atoms with Gasteiger partial charge in [0.05, 0.1) is 5.69 Å². The third-order valence-corrected chi connectivity index (χ3v) is 5.25. The number of anilines is 3. The van der Waals surface area contributed by atoms with Crippen molar-refractivity contribution in [2.75, 3.05) is 10.6 Å². The molecule has 0 atom stereocenters. The van der Waals surface area contributed by atoms with Gasteiger partial charge in [-0.15, -0.1) is 0 Å². The fourth-order valence-electron chi connectivity index (χ4n) is 3.39. The van der Waals surface area contributed by atoms with Gasteiger partial charge in [0.1, 0.15) is 5.82 Å². The first-order chi connectivity index (χ1) is 12.2. The number of halogens is 2. The van der Waals surface area contributed by atoms with E-state index < -0.39 is 0 Å². The van der Waals surface area contributed by atoms with Crippen LogP contribution in [0.5, 0.6) is 0 Å². The summed E-state index contributed by atoms with van der Waals surface area (Å²) in [5.41, 5.74) is 1.95. The van der Waals surface area contributed by atoms with Gasteiger partial charge in [0.2, 0.25) is 5.95 Å². The van der Waals surface area contributed by atoms with Gasteiger partial charge in [-0.2, -0.15) is 4.98 Å². The SMILES string of the molecule is Clc1cc(Cl)cc(Nc2cc(C3CC3)nc(NC3CCCCC3)n2)c1. The molecular formula is C19H22Cl2N4. The molecule has 2 aliphatic rings. The van der Waals surface area contributed by atoms with Crippen LogP contribution in [0.15, 0.2) is 24.3 Å². The van der Waals surface area contributed by atoms with E-state index in [1.165, 1.54) is 44.9 Å². The zero-order valence-corrected chi connectivity index (χ0v) is 15.6. The van der Waals surface area contributed by atoms with Crippen LogP contribution in [0.1, 0.15) is 56.6 Å². The van der Waals surface area contributed by atoms with Crippen molar-refractivity contribution in [3.8, 4) is 0 Å². The van der Waals surface area contributed by atoms with Gasteiger partial charge in [-0.05, 0) is 43.9 Å². The second kappa shape index (κ2) is 7.38. The minimum atomic E-state index is 0.483. The summed E-state index contributed by atoms with van der Waals surface area (Å²) < 4.78 is 0. The molecule has 4 nitrogen and oxygen atoms in total. The van der Waals surface area contributed by atoms with Crippen LogP contribution < -0.4 is 10.6 Å². The Balaban J connectivity index is 1.57. The van der Waals surface area contributed by atoms with Crippen molar-refractivity contribution in [2.24, 2.45) is 0 Å². The zero-order chi connectivity index (χ0) is 17.2. The Morgan fingerprint density at radius 1 is 0.840 bits per heavy atom. The van der Waals surface area contributed by atoms with Crippen LogP contribution >= 0.6 is 23.2 Å². The van der Waals surface area contributed by atoms with Gasteiger partial charge >= 0.3 is 0 Å². The highest BCUT2D eigenvalue weighted by Gasteiger charge is 2.26. The second-order valence-corrected chi connectivity index (χ2v) is 7.91. The molecule has 2 N–H and O–H groups in total. The maximum atomic E-state index is 6.10. The molecule has 0 saturated heterocycles. The van der Waals surface area contributed by atoms with Crippen molar-refractivity contribution in [3.63, 3.8) is 0 Å². The predicted molar refractivity (Wildman–Crippen MR) is 104 cm³/mol. The van der Waals surface area contributed by atoms with Crippen molar-refractivity contribution in [2.45, 2.75) is 56.9 Å². The number of nitrogens with one attached hydrogen (secondary N) is 2. The van der Waals surface area contributed by atoms with Gasteiger partial charge in [0, 0.05) is 33.8 Å². The Labute approximate surface area is 158 Å². The van der Waals surface area contributed by atoms with Gasteiger partial charge in [-0.25, -0.2) is 4.98 Å². The Morgan fingerprint density at radius 3 is 2.24 bits per heavy atom. The molecule has 4 rings (SSSR count). The Kier molecular flexibility index (Phi) is 5.00. The molecule has 0 aliphatic heterocycles. The summed E-state index contributed by atoms with van der Waals surface area (Å²) >= 11 is 12.2. The number of hydrogen-bond donors (Lipinski definition) is 2. The molecule has 2 aliphatic carbocycles. The average Bonchev–Trinajstić information content (AvgIpc) is 3.39. The molecule has 1 heterocycles. The summed E-state index contributed by atoms with van der Waals surface area (Å²) in [6, 6.07) is 7.94. The first-order valence-electron chi connectivity index (χ1n) is 9.04. The smallest absolute Gasteiger partial charge is 0.225 e. The fraction of sp³-hybridized carbons (Fsp3) is 0.474. The highest BCUT2D eigenvalue weighted by molar-refractivity contribution is 6.35. The van der Waals surface area contributed by atoms with Crippen molar-refractivity contribution in [3.05, 3.63) is 40.0 Å². The van der Waals surface area contributed by atoms with Crippen LogP contribution in [0.25, 0.3) is 0 Å². The lowest BCUT2D eigenvalue weighted by Gasteiger charge is -2.23. The van der Waals surface area contributed by atoms with Gasteiger partial charge < -0.3 is 10.6 Å². The molecule has 1 aromatic heterocycles. The van der Waals surface area contributed by atoms with E-state index in [9.17, 15) is 0 Å². The number of rotatable bonds is 5. The molecule has 0 radical (unpaired) electrons. The predicted octanol–water partition coefficient (Wildman–Crippen LogP) is 6.15. The third-order valence-electron chi connectivity index (χ3n) is 4.81. The first kappa shape index (κ1) is 16.9. The number of hydrogen-bond acceptors (Lipinski definition) is 4. The molecular weight excluding hydrogens is 355 g/mol. The molecule has 0 bridgehead atoms. The quantitative estimate of drug-likeness (QED) is 0.656. The summed E-state index contributed by atoms with van der Waals surface area (Å²) in [4.78, 5) is 9.42. The highest BCUT2D eigenvalue weighted by atomic mass is 35.5. The van der Waals surface area contributed by atoms with Gasteiger partial charge in [-0.1, -0.05) is 42.5 Å². The Bertz CT molecular complexity index is 735. The lowest BCUT2D eigenvalue weighted by molar-refractivity contribution is 0.460. The van der Waals surface area contributed by atoms with E-state index in [1.807, 2.05) is 18.2 Å². The standard InChI is InChI=1S/C19H22Cl2N4/c20-13-8-14(21)10-16(9-13)22-18-11-17(12-6-7-12)24-19(25-18)23-15-4-2-1-3-5-15/h8-12,15H,1-7H2,(H2,22,23,24,25). The molecule has 0 amide bonds. The van der Waals surface area contributed by atoms with E-state index in [-0.39, 0.29) is 0 Å². The molecule has 0 unspecified atom stereocenters. The summed E-state index contributed by atoms with van der Waals surface area (Å²) in [6.45, 7) is 0. The molecule has 2 fully saturated rings. The lowest BCUT2D eigenvalue weighted by atomic mass is 9.96. The van der Waals surface area contributed by atoms with Crippen molar-refractivity contribution in [1.82, 2.24) is 9.97 Å². The molecule has 6 heteroatoms. The third kappa shape index (κ3) is 4.56. The van der Waals surface area contributed by atoms with Gasteiger partial charge in [0.25, 0.3) is 0 Å². The van der Waals surface area contributed by atoms with E-state index in [2.05, 4.69) is 15.6 Å². The molecule has 132 valence electrons. The maximum absolute atomic E-state index is 6.10. The normalized spacial score (nSPS) is 18.2. The number of nitrogens with zero attached hydrogens (tertiary/aromatic N) is 2. The summed E-state index contributed by atoms with van der Waals surface area (Å²) in [5.74, 6) is 2.08. The van der Waals surface area contributed by atoms with Crippen molar-refractivity contribution in [1.29, 1.82) is 0 Å². The van der Waals surface area contributed by atoms with E-state index in [4.69, 9.17) is 28.2 Å². The Morgan fingerprint density at radius 2 is 1.56 bits per heavy atom. The lowest BCUT2D eigenvalue weighted by Crippen LogP contribution is -2.23. The van der Waals surface area contributed by atoms with Crippen molar-refractivity contribution < 1.29 is 0 Å². The van der Waals surface area contributed by atoms with E-state index in [0.717, 1.165) is 23.1 Å². The summed E-state index contributed by atoms with van der Waals surface area (Å²) in [5, 5.41) is 8.07. The average molecular weight is 377 g/mol. The fourth-order valence-corrected chi connectivity index (χ4v) is 3.91. The van der Waals surface area contributed by atoms with Crippen LogP contribution in [0.2, 0.25) is 10.0 Å². The number of benzene rings is 1. The van der Waals surface area contributed by atoms with Gasteiger partial charge in [0.15, 0.2) is 0 Å². The monoisotopic (exact) mass is 376 g/mol. The first-order valence-corrected chi connectivity index (χ1v) is 9.80. The zero-order valence-electron chi connectivity index (χ0n) is 14.1. The molecule has 1 aromatic carbocycles.